The molecule has 0 bridgehead atoms. The molecule has 0 N–H and O–H groups in total. The van der Waals surface area contributed by atoms with Crippen LogP contribution in [0.3, 0.4) is 0 Å². The molecule has 2 rings (SSSR count). The summed E-state index contributed by atoms with van der Waals surface area (Å²) in [5, 5.41) is 0. The Balaban J connectivity index is 2.35. The fourth-order valence-corrected chi connectivity index (χ4v) is 3.19. The van der Waals surface area contributed by atoms with Gasteiger partial charge in [0.25, 0.3) is 0 Å². The van der Waals surface area contributed by atoms with Crippen LogP contribution in [0.15, 0.2) is 30.3 Å². The van der Waals surface area contributed by atoms with E-state index in [1.807, 2.05) is 43.3 Å². The maximum absolute atomic E-state index is 12.0. The first kappa shape index (κ1) is 19.9. The second-order valence-electron chi connectivity index (χ2n) is 6.16. The highest BCUT2D eigenvalue weighted by Gasteiger charge is 2.13. The summed E-state index contributed by atoms with van der Waals surface area (Å²) in [6, 6.07) is 9.44. The van der Waals surface area contributed by atoms with Crippen molar-refractivity contribution in [1.82, 2.24) is 0 Å². The summed E-state index contributed by atoms with van der Waals surface area (Å²) in [5.74, 6) is 2.43. The number of methoxy groups -OCH3 is 3. The highest BCUT2D eigenvalue weighted by molar-refractivity contribution is 7.57. The molecule has 0 fully saturated rings. The first-order chi connectivity index (χ1) is 12.3. The van der Waals surface area contributed by atoms with Gasteiger partial charge in [0.15, 0.2) is 23.0 Å². The standard InChI is InChI=1S/C20H25O5P/c1-14-11-16(13-19(23-3)20(14)24-4)8-7-15-9-10-17(22-2)18(12-15)25-26(5,6)21/h7-13H,1-6H3/b8-7-. The van der Waals surface area contributed by atoms with Gasteiger partial charge in [0, 0.05) is 13.3 Å². The van der Waals surface area contributed by atoms with Crippen molar-refractivity contribution in [3.8, 4) is 23.0 Å². The van der Waals surface area contributed by atoms with Gasteiger partial charge in [-0.25, -0.2) is 0 Å². The molecule has 0 saturated carbocycles. The Labute approximate surface area is 155 Å². The summed E-state index contributed by atoms with van der Waals surface area (Å²) in [7, 11) is 2.11. The zero-order valence-corrected chi connectivity index (χ0v) is 16.9. The van der Waals surface area contributed by atoms with Crippen molar-refractivity contribution in [2.45, 2.75) is 6.92 Å². The van der Waals surface area contributed by atoms with Crippen LogP contribution in [0, 0.1) is 6.92 Å². The van der Waals surface area contributed by atoms with Crippen molar-refractivity contribution in [2.75, 3.05) is 34.7 Å². The summed E-state index contributed by atoms with van der Waals surface area (Å²) in [6.45, 7) is 5.11. The van der Waals surface area contributed by atoms with Crippen LogP contribution in [0.4, 0.5) is 0 Å². The van der Waals surface area contributed by atoms with E-state index in [2.05, 4.69) is 0 Å². The van der Waals surface area contributed by atoms with Gasteiger partial charge in [-0.05, 0) is 47.9 Å². The lowest BCUT2D eigenvalue weighted by molar-refractivity contribution is 0.353. The maximum atomic E-state index is 12.0. The predicted octanol–water partition coefficient (Wildman–Crippen LogP) is 5.11. The molecule has 0 spiro atoms. The van der Waals surface area contributed by atoms with Gasteiger partial charge < -0.3 is 18.7 Å². The molecule has 0 saturated heterocycles. The van der Waals surface area contributed by atoms with Gasteiger partial charge in [-0.3, -0.25) is 4.57 Å². The van der Waals surface area contributed by atoms with E-state index in [-0.39, 0.29) is 0 Å². The highest BCUT2D eigenvalue weighted by atomic mass is 31.2. The third kappa shape index (κ3) is 5.06. The second kappa shape index (κ2) is 8.33. The Hall–Kier alpha value is -2.39. The average Bonchev–Trinajstić information content (AvgIpc) is 2.58. The van der Waals surface area contributed by atoms with Crippen LogP contribution >= 0.6 is 7.37 Å². The SMILES string of the molecule is COc1ccc(/C=C\c2cc(C)c(OC)c(OC)c2)cc1OP(C)(C)=O. The molecule has 0 amide bonds. The Morgan fingerprint density at radius 3 is 2.00 bits per heavy atom. The molecule has 0 aromatic heterocycles. The Morgan fingerprint density at radius 1 is 0.808 bits per heavy atom. The first-order valence-corrected chi connectivity index (χ1v) is 10.6. The number of benzene rings is 2. The largest absolute Gasteiger partial charge is 0.493 e. The van der Waals surface area contributed by atoms with Gasteiger partial charge in [-0.15, -0.1) is 0 Å². The van der Waals surface area contributed by atoms with Gasteiger partial charge in [0.05, 0.1) is 21.3 Å². The average molecular weight is 376 g/mol. The van der Waals surface area contributed by atoms with Gasteiger partial charge in [0.1, 0.15) is 0 Å². The van der Waals surface area contributed by atoms with Gasteiger partial charge in [-0.1, -0.05) is 18.2 Å². The summed E-state index contributed by atoms with van der Waals surface area (Å²) >= 11 is 0. The number of hydrogen-bond acceptors (Lipinski definition) is 5. The summed E-state index contributed by atoms with van der Waals surface area (Å²) in [6.07, 6.45) is 3.92. The van der Waals surface area contributed by atoms with E-state index in [9.17, 15) is 4.57 Å². The molecule has 2 aromatic carbocycles. The molecule has 6 heteroatoms. The van der Waals surface area contributed by atoms with E-state index in [0.29, 0.717) is 17.2 Å². The third-order valence-electron chi connectivity index (χ3n) is 3.66. The van der Waals surface area contributed by atoms with Crippen LogP contribution in [0.5, 0.6) is 23.0 Å². The third-order valence-corrected chi connectivity index (χ3v) is 4.30. The van der Waals surface area contributed by atoms with Crippen LogP contribution < -0.4 is 18.7 Å². The highest BCUT2D eigenvalue weighted by Crippen LogP contribution is 2.43. The molecule has 5 nitrogen and oxygen atoms in total. The Morgan fingerprint density at radius 2 is 1.42 bits per heavy atom. The molecule has 140 valence electrons. The van der Waals surface area contributed by atoms with E-state index in [0.717, 1.165) is 22.4 Å². The molecule has 0 heterocycles. The fourth-order valence-electron chi connectivity index (χ4n) is 2.58. The van der Waals surface area contributed by atoms with Crippen LogP contribution in [0.1, 0.15) is 16.7 Å². The van der Waals surface area contributed by atoms with Gasteiger partial charge >= 0.3 is 0 Å². The summed E-state index contributed by atoms with van der Waals surface area (Å²) in [4.78, 5) is 0. The lowest BCUT2D eigenvalue weighted by Gasteiger charge is -2.14. The molecule has 0 atom stereocenters. The van der Waals surface area contributed by atoms with E-state index in [1.165, 1.54) is 0 Å². The second-order valence-corrected chi connectivity index (χ2v) is 8.85. The first-order valence-electron chi connectivity index (χ1n) is 8.10. The fraction of sp³-hybridized carbons (Fsp3) is 0.300. The predicted molar refractivity (Wildman–Crippen MR) is 106 cm³/mol. The van der Waals surface area contributed by atoms with Crippen molar-refractivity contribution in [3.05, 3.63) is 47.0 Å². The number of rotatable bonds is 7. The van der Waals surface area contributed by atoms with Crippen LogP contribution in [0.2, 0.25) is 0 Å². The normalized spacial score (nSPS) is 11.5. The smallest absolute Gasteiger partial charge is 0.242 e. The van der Waals surface area contributed by atoms with Crippen LogP contribution in [0.25, 0.3) is 12.2 Å². The minimum Gasteiger partial charge on any atom is -0.493 e. The van der Waals surface area contributed by atoms with Crippen molar-refractivity contribution in [2.24, 2.45) is 0 Å². The van der Waals surface area contributed by atoms with Crippen molar-refractivity contribution in [3.63, 3.8) is 0 Å². The number of ether oxygens (including phenoxy) is 3. The van der Waals surface area contributed by atoms with Gasteiger partial charge in [-0.2, -0.15) is 0 Å². The quantitative estimate of drug-likeness (QED) is 0.497. The molecule has 2 aromatic rings. The lowest BCUT2D eigenvalue weighted by atomic mass is 10.1. The molecule has 0 aliphatic carbocycles. The van der Waals surface area contributed by atoms with Crippen molar-refractivity contribution < 1.29 is 23.3 Å². The molecule has 0 aliphatic rings. The Kier molecular flexibility index (Phi) is 6.38. The van der Waals surface area contributed by atoms with Gasteiger partial charge in [0.2, 0.25) is 7.37 Å². The molecule has 0 unspecified atom stereocenters. The minimum absolute atomic E-state index is 0.464. The molecular formula is C20H25O5P. The van der Waals surface area contributed by atoms with E-state index < -0.39 is 7.37 Å². The number of hydrogen-bond donors (Lipinski definition) is 0. The van der Waals surface area contributed by atoms with Crippen LogP contribution in [-0.2, 0) is 4.57 Å². The zero-order valence-electron chi connectivity index (χ0n) is 16.0. The number of aryl methyl sites for hydroxylation is 1. The van der Waals surface area contributed by atoms with E-state index in [4.69, 9.17) is 18.7 Å². The maximum Gasteiger partial charge on any atom is 0.242 e. The van der Waals surface area contributed by atoms with Crippen LogP contribution in [-0.4, -0.2) is 34.7 Å². The Bertz CT molecular complexity index is 852. The minimum atomic E-state index is -2.69. The lowest BCUT2D eigenvalue weighted by Crippen LogP contribution is -1.94. The summed E-state index contributed by atoms with van der Waals surface area (Å²) < 4.78 is 33.6. The van der Waals surface area contributed by atoms with E-state index in [1.54, 1.807) is 40.7 Å². The summed E-state index contributed by atoms with van der Waals surface area (Å²) in [5.41, 5.74) is 2.87. The van der Waals surface area contributed by atoms with Crippen molar-refractivity contribution >= 4 is 19.5 Å². The monoisotopic (exact) mass is 376 g/mol. The van der Waals surface area contributed by atoms with E-state index >= 15 is 0 Å². The topological polar surface area (TPSA) is 54.0 Å². The molecule has 26 heavy (non-hydrogen) atoms. The molecule has 0 aliphatic heterocycles. The van der Waals surface area contributed by atoms with Crippen molar-refractivity contribution in [1.29, 1.82) is 0 Å². The molecule has 0 radical (unpaired) electrons. The zero-order chi connectivity index (χ0) is 19.3. The molecular weight excluding hydrogens is 351 g/mol.